The summed E-state index contributed by atoms with van der Waals surface area (Å²) in [5, 5.41) is 2.90. The van der Waals surface area contributed by atoms with E-state index in [1.165, 1.54) is 0 Å². The molecule has 1 aliphatic heterocycles. The standard InChI is InChI=1S/C12H20N4O2/c1-9-10(2-5-18-9)6-14-12(17)11-7-16(4-3-13)8-15-11/h7-10H,2-6,13H2,1H3,(H,14,17). The van der Waals surface area contributed by atoms with Crippen molar-refractivity contribution in [2.24, 2.45) is 11.7 Å². The Labute approximate surface area is 107 Å². The summed E-state index contributed by atoms with van der Waals surface area (Å²) in [5.41, 5.74) is 5.88. The van der Waals surface area contributed by atoms with Gasteiger partial charge in [-0.05, 0) is 13.3 Å². The second-order valence-corrected chi connectivity index (χ2v) is 4.62. The Morgan fingerprint density at radius 2 is 2.56 bits per heavy atom. The molecule has 1 amide bonds. The minimum Gasteiger partial charge on any atom is -0.378 e. The Morgan fingerprint density at radius 3 is 3.22 bits per heavy atom. The van der Waals surface area contributed by atoms with Crippen molar-refractivity contribution in [1.29, 1.82) is 0 Å². The van der Waals surface area contributed by atoms with Gasteiger partial charge in [-0.25, -0.2) is 4.98 Å². The number of ether oxygens (including phenoxy) is 1. The zero-order valence-corrected chi connectivity index (χ0v) is 10.6. The van der Waals surface area contributed by atoms with E-state index in [0.717, 1.165) is 13.0 Å². The van der Waals surface area contributed by atoms with Gasteiger partial charge < -0.3 is 20.4 Å². The average molecular weight is 252 g/mol. The fourth-order valence-electron chi connectivity index (χ4n) is 2.11. The van der Waals surface area contributed by atoms with Crippen LogP contribution in [0.25, 0.3) is 0 Å². The predicted octanol–water partition coefficient (Wildman–Crippen LogP) is -0.00340. The molecule has 0 bridgehead atoms. The molecule has 0 spiro atoms. The Balaban J connectivity index is 1.83. The van der Waals surface area contributed by atoms with Gasteiger partial charge in [0.1, 0.15) is 5.69 Å². The number of amides is 1. The number of nitrogens with one attached hydrogen (secondary N) is 1. The molecule has 18 heavy (non-hydrogen) atoms. The number of hydrogen-bond donors (Lipinski definition) is 2. The second-order valence-electron chi connectivity index (χ2n) is 4.62. The molecule has 0 aromatic carbocycles. The van der Waals surface area contributed by atoms with Crippen LogP contribution >= 0.6 is 0 Å². The van der Waals surface area contributed by atoms with Crippen molar-refractivity contribution in [3.63, 3.8) is 0 Å². The smallest absolute Gasteiger partial charge is 0.271 e. The molecule has 2 atom stereocenters. The van der Waals surface area contributed by atoms with Gasteiger partial charge in [-0.15, -0.1) is 0 Å². The third-order valence-corrected chi connectivity index (χ3v) is 3.31. The summed E-state index contributed by atoms with van der Waals surface area (Å²) in [6, 6.07) is 0. The lowest BCUT2D eigenvalue weighted by molar-refractivity contribution is 0.0903. The Morgan fingerprint density at radius 1 is 1.72 bits per heavy atom. The Hall–Kier alpha value is -1.40. The van der Waals surface area contributed by atoms with Crippen LogP contribution in [0.4, 0.5) is 0 Å². The van der Waals surface area contributed by atoms with Crippen LogP contribution in [0.2, 0.25) is 0 Å². The number of imidazole rings is 1. The third kappa shape index (κ3) is 3.08. The summed E-state index contributed by atoms with van der Waals surface area (Å²) < 4.78 is 7.27. The number of nitrogens with two attached hydrogens (primary N) is 1. The fourth-order valence-corrected chi connectivity index (χ4v) is 2.11. The molecule has 6 nitrogen and oxygen atoms in total. The first-order chi connectivity index (χ1) is 8.70. The maximum absolute atomic E-state index is 11.9. The van der Waals surface area contributed by atoms with Gasteiger partial charge in [-0.3, -0.25) is 4.79 Å². The SMILES string of the molecule is CC1OCCC1CNC(=O)c1cn(CCN)cn1. The summed E-state index contributed by atoms with van der Waals surface area (Å²) in [6.45, 7) is 4.68. The first-order valence-corrected chi connectivity index (χ1v) is 6.32. The van der Waals surface area contributed by atoms with Crippen molar-refractivity contribution >= 4 is 5.91 Å². The molecule has 1 fully saturated rings. The van der Waals surface area contributed by atoms with Crippen LogP contribution in [0, 0.1) is 5.92 Å². The number of carbonyl (C=O) groups is 1. The van der Waals surface area contributed by atoms with Gasteiger partial charge in [-0.1, -0.05) is 0 Å². The molecule has 6 heteroatoms. The number of rotatable bonds is 5. The van der Waals surface area contributed by atoms with E-state index in [4.69, 9.17) is 10.5 Å². The third-order valence-electron chi connectivity index (χ3n) is 3.31. The van der Waals surface area contributed by atoms with E-state index in [1.807, 2.05) is 11.5 Å². The number of nitrogens with zero attached hydrogens (tertiary/aromatic N) is 2. The van der Waals surface area contributed by atoms with Crippen molar-refractivity contribution in [1.82, 2.24) is 14.9 Å². The van der Waals surface area contributed by atoms with Crippen molar-refractivity contribution in [2.75, 3.05) is 19.7 Å². The van der Waals surface area contributed by atoms with Gasteiger partial charge in [0.2, 0.25) is 0 Å². The van der Waals surface area contributed by atoms with Gasteiger partial charge in [0, 0.05) is 38.4 Å². The van der Waals surface area contributed by atoms with Crippen molar-refractivity contribution in [3.8, 4) is 0 Å². The van der Waals surface area contributed by atoms with E-state index in [0.29, 0.717) is 31.2 Å². The molecule has 0 radical (unpaired) electrons. The highest BCUT2D eigenvalue weighted by Crippen LogP contribution is 2.19. The van der Waals surface area contributed by atoms with Gasteiger partial charge in [-0.2, -0.15) is 0 Å². The van der Waals surface area contributed by atoms with Crippen molar-refractivity contribution in [3.05, 3.63) is 18.2 Å². The molecule has 2 heterocycles. The zero-order chi connectivity index (χ0) is 13.0. The Bertz CT molecular complexity index is 405. The first kappa shape index (κ1) is 13.0. The first-order valence-electron chi connectivity index (χ1n) is 6.32. The van der Waals surface area contributed by atoms with E-state index in [2.05, 4.69) is 10.3 Å². The molecule has 0 aliphatic carbocycles. The average Bonchev–Trinajstić information content (AvgIpc) is 2.96. The lowest BCUT2D eigenvalue weighted by Crippen LogP contribution is -2.32. The maximum Gasteiger partial charge on any atom is 0.271 e. The molecular formula is C12H20N4O2. The summed E-state index contributed by atoms with van der Waals surface area (Å²) in [6.07, 6.45) is 4.57. The van der Waals surface area contributed by atoms with Crippen molar-refractivity contribution in [2.45, 2.75) is 26.0 Å². The van der Waals surface area contributed by atoms with Crippen LogP contribution in [-0.4, -0.2) is 41.3 Å². The fraction of sp³-hybridized carbons (Fsp3) is 0.667. The molecule has 2 rings (SSSR count). The number of carbonyl (C=O) groups excluding carboxylic acids is 1. The largest absolute Gasteiger partial charge is 0.378 e. The topological polar surface area (TPSA) is 82.2 Å². The van der Waals surface area contributed by atoms with E-state index in [-0.39, 0.29) is 12.0 Å². The zero-order valence-electron chi connectivity index (χ0n) is 10.6. The van der Waals surface area contributed by atoms with E-state index < -0.39 is 0 Å². The van der Waals surface area contributed by atoms with Crippen LogP contribution in [0.1, 0.15) is 23.8 Å². The van der Waals surface area contributed by atoms with Crippen LogP contribution in [-0.2, 0) is 11.3 Å². The Kier molecular flexibility index (Phi) is 4.33. The second kappa shape index (κ2) is 5.97. The molecule has 1 saturated heterocycles. The van der Waals surface area contributed by atoms with Gasteiger partial charge in [0.05, 0.1) is 12.4 Å². The van der Waals surface area contributed by atoms with E-state index in [9.17, 15) is 4.79 Å². The van der Waals surface area contributed by atoms with E-state index >= 15 is 0 Å². The van der Waals surface area contributed by atoms with Crippen LogP contribution in [0.5, 0.6) is 0 Å². The molecule has 1 aliphatic rings. The van der Waals surface area contributed by atoms with Crippen LogP contribution < -0.4 is 11.1 Å². The maximum atomic E-state index is 11.9. The van der Waals surface area contributed by atoms with Gasteiger partial charge in [0.25, 0.3) is 5.91 Å². The van der Waals surface area contributed by atoms with Crippen LogP contribution in [0.15, 0.2) is 12.5 Å². The highest BCUT2D eigenvalue weighted by molar-refractivity contribution is 5.91. The van der Waals surface area contributed by atoms with Crippen molar-refractivity contribution < 1.29 is 9.53 Å². The molecule has 1 aromatic rings. The normalized spacial score (nSPS) is 23.2. The van der Waals surface area contributed by atoms with Crippen LogP contribution in [0.3, 0.4) is 0 Å². The predicted molar refractivity (Wildman–Crippen MR) is 67.1 cm³/mol. The summed E-state index contributed by atoms with van der Waals surface area (Å²) in [4.78, 5) is 15.9. The lowest BCUT2D eigenvalue weighted by atomic mass is 10.0. The molecule has 1 aromatic heterocycles. The minimum absolute atomic E-state index is 0.134. The molecule has 2 unspecified atom stereocenters. The molecule has 0 saturated carbocycles. The number of hydrogen-bond acceptors (Lipinski definition) is 4. The highest BCUT2D eigenvalue weighted by Gasteiger charge is 2.24. The molecular weight excluding hydrogens is 232 g/mol. The molecule has 3 N–H and O–H groups in total. The monoisotopic (exact) mass is 252 g/mol. The quantitative estimate of drug-likeness (QED) is 0.772. The van der Waals surface area contributed by atoms with E-state index in [1.54, 1.807) is 12.5 Å². The summed E-state index contributed by atoms with van der Waals surface area (Å²) >= 11 is 0. The minimum atomic E-state index is -0.134. The lowest BCUT2D eigenvalue weighted by Gasteiger charge is -2.13. The summed E-state index contributed by atoms with van der Waals surface area (Å²) in [5.74, 6) is 0.268. The number of aromatic nitrogens is 2. The molecule has 100 valence electrons. The van der Waals surface area contributed by atoms with Gasteiger partial charge in [0.15, 0.2) is 0 Å². The highest BCUT2D eigenvalue weighted by atomic mass is 16.5. The summed E-state index contributed by atoms with van der Waals surface area (Å²) in [7, 11) is 0. The van der Waals surface area contributed by atoms with Gasteiger partial charge >= 0.3 is 0 Å².